The van der Waals surface area contributed by atoms with Crippen molar-refractivity contribution < 1.29 is 4.21 Å². The van der Waals surface area contributed by atoms with Crippen molar-refractivity contribution in [3.8, 4) is 0 Å². The average molecular weight is 345 g/mol. The standard InChI is InChI=1S/C13H11BrClNOS/c14-12-5-4-9(6-13(12)16)8-18(17)11-3-1-2-10(15)7-11/h1-7H,8,16H2. The fraction of sp³-hybridized carbons (Fsp3) is 0.0769. The highest BCUT2D eigenvalue weighted by atomic mass is 79.9. The van der Waals surface area contributed by atoms with Gasteiger partial charge in [-0.05, 0) is 51.8 Å². The van der Waals surface area contributed by atoms with Gasteiger partial charge in [-0.15, -0.1) is 0 Å². The monoisotopic (exact) mass is 343 g/mol. The number of hydrogen-bond acceptors (Lipinski definition) is 2. The Balaban J connectivity index is 2.18. The van der Waals surface area contributed by atoms with E-state index in [0.717, 1.165) is 14.9 Å². The summed E-state index contributed by atoms with van der Waals surface area (Å²) in [5, 5.41) is 0.594. The molecule has 1 atom stereocenters. The maximum Gasteiger partial charge on any atom is 0.0574 e. The van der Waals surface area contributed by atoms with Gasteiger partial charge in [0, 0.05) is 20.1 Å². The summed E-state index contributed by atoms with van der Waals surface area (Å²) in [6, 6.07) is 12.7. The summed E-state index contributed by atoms with van der Waals surface area (Å²) in [5.41, 5.74) is 7.38. The average Bonchev–Trinajstić information content (AvgIpc) is 2.34. The smallest absolute Gasteiger partial charge is 0.0574 e. The van der Waals surface area contributed by atoms with E-state index in [-0.39, 0.29) is 0 Å². The molecule has 0 saturated heterocycles. The Kier molecular flexibility index (Phi) is 4.43. The predicted octanol–water partition coefficient (Wildman–Crippen LogP) is 3.99. The van der Waals surface area contributed by atoms with Gasteiger partial charge in [0.15, 0.2) is 0 Å². The van der Waals surface area contributed by atoms with Gasteiger partial charge >= 0.3 is 0 Å². The van der Waals surface area contributed by atoms with Crippen LogP contribution >= 0.6 is 27.5 Å². The van der Waals surface area contributed by atoms with E-state index in [1.807, 2.05) is 24.3 Å². The van der Waals surface area contributed by atoms with Crippen molar-refractivity contribution >= 4 is 44.0 Å². The van der Waals surface area contributed by atoms with Gasteiger partial charge in [-0.3, -0.25) is 4.21 Å². The molecule has 0 spiro atoms. The molecule has 0 amide bonds. The summed E-state index contributed by atoms with van der Waals surface area (Å²) in [6.45, 7) is 0. The largest absolute Gasteiger partial charge is 0.398 e. The maximum absolute atomic E-state index is 12.2. The number of nitrogens with two attached hydrogens (primary N) is 1. The fourth-order valence-corrected chi connectivity index (χ4v) is 3.17. The lowest BCUT2D eigenvalue weighted by molar-refractivity contribution is 0.682. The predicted molar refractivity (Wildman–Crippen MR) is 80.1 cm³/mol. The van der Waals surface area contributed by atoms with E-state index in [9.17, 15) is 4.21 Å². The van der Waals surface area contributed by atoms with Gasteiger partial charge < -0.3 is 5.73 Å². The van der Waals surface area contributed by atoms with Crippen molar-refractivity contribution in [2.45, 2.75) is 10.6 Å². The third-order valence-corrected chi connectivity index (χ3v) is 4.75. The molecule has 18 heavy (non-hydrogen) atoms. The summed E-state index contributed by atoms with van der Waals surface area (Å²) in [5.74, 6) is 0.428. The third kappa shape index (κ3) is 3.34. The number of anilines is 1. The molecule has 0 aromatic heterocycles. The fourth-order valence-electron chi connectivity index (χ4n) is 1.53. The molecule has 0 aliphatic carbocycles. The lowest BCUT2D eigenvalue weighted by atomic mass is 10.2. The van der Waals surface area contributed by atoms with Crippen LogP contribution in [0, 0.1) is 0 Å². The third-order valence-electron chi connectivity index (χ3n) is 2.42. The number of halogens is 2. The van der Waals surface area contributed by atoms with E-state index in [2.05, 4.69) is 15.9 Å². The first kappa shape index (κ1) is 13.6. The zero-order chi connectivity index (χ0) is 13.1. The first-order valence-corrected chi connectivity index (χ1v) is 7.73. The summed E-state index contributed by atoms with van der Waals surface area (Å²) >= 11 is 9.21. The van der Waals surface area contributed by atoms with Gasteiger partial charge in [-0.2, -0.15) is 0 Å². The molecule has 2 nitrogen and oxygen atoms in total. The topological polar surface area (TPSA) is 43.1 Å². The minimum absolute atomic E-state index is 0.428. The van der Waals surface area contributed by atoms with Crippen molar-refractivity contribution in [3.05, 3.63) is 57.5 Å². The Hall–Kier alpha value is -0.840. The van der Waals surface area contributed by atoms with E-state index in [1.54, 1.807) is 18.2 Å². The maximum atomic E-state index is 12.2. The number of rotatable bonds is 3. The molecule has 1 unspecified atom stereocenters. The van der Waals surface area contributed by atoms with Crippen LogP contribution in [0.25, 0.3) is 0 Å². The Morgan fingerprint density at radius 3 is 2.67 bits per heavy atom. The number of hydrogen-bond donors (Lipinski definition) is 1. The molecule has 0 bridgehead atoms. The van der Waals surface area contributed by atoms with Crippen molar-refractivity contribution in [1.29, 1.82) is 0 Å². The molecular formula is C13H11BrClNOS. The van der Waals surface area contributed by atoms with Gasteiger partial charge in [0.25, 0.3) is 0 Å². The molecule has 2 rings (SSSR count). The molecule has 0 aliphatic heterocycles. The molecule has 94 valence electrons. The normalized spacial score (nSPS) is 12.3. The first-order chi connectivity index (χ1) is 8.56. The summed E-state index contributed by atoms with van der Waals surface area (Å²) in [4.78, 5) is 0.726. The summed E-state index contributed by atoms with van der Waals surface area (Å²) < 4.78 is 13.0. The molecule has 0 aliphatic rings. The van der Waals surface area contributed by atoms with E-state index >= 15 is 0 Å². The second-order valence-electron chi connectivity index (χ2n) is 3.80. The van der Waals surface area contributed by atoms with Crippen LogP contribution in [0.4, 0.5) is 5.69 Å². The second kappa shape index (κ2) is 5.87. The van der Waals surface area contributed by atoms with E-state index < -0.39 is 10.8 Å². The van der Waals surface area contributed by atoms with E-state index in [0.29, 0.717) is 16.5 Å². The van der Waals surface area contributed by atoms with Crippen molar-refractivity contribution in [1.82, 2.24) is 0 Å². The van der Waals surface area contributed by atoms with Crippen LogP contribution in [0.5, 0.6) is 0 Å². The van der Waals surface area contributed by atoms with Crippen molar-refractivity contribution in [2.24, 2.45) is 0 Å². The molecular weight excluding hydrogens is 334 g/mol. The summed E-state index contributed by atoms with van der Waals surface area (Å²) in [6.07, 6.45) is 0. The van der Waals surface area contributed by atoms with E-state index in [4.69, 9.17) is 17.3 Å². The zero-order valence-electron chi connectivity index (χ0n) is 9.40. The second-order valence-corrected chi connectivity index (χ2v) is 6.54. The highest BCUT2D eigenvalue weighted by Crippen LogP contribution is 2.22. The molecule has 0 fully saturated rings. The van der Waals surface area contributed by atoms with Crippen LogP contribution in [-0.2, 0) is 16.6 Å². The van der Waals surface area contributed by atoms with Gasteiger partial charge in [-0.1, -0.05) is 23.7 Å². The van der Waals surface area contributed by atoms with Gasteiger partial charge in [0.1, 0.15) is 0 Å². The molecule has 0 radical (unpaired) electrons. The van der Waals surface area contributed by atoms with Crippen molar-refractivity contribution in [2.75, 3.05) is 5.73 Å². The lowest BCUT2D eigenvalue weighted by Gasteiger charge is -2.05. The Morgan fingerprint density at radius 2 is 2.00 bits per heavy atom. The molecule has 2 N–H and O–H groups in total. The highest BCUT2D eigenvalue weighted by Gasteiger charge is 2.07. The molecule has 2 aromatic carbocycles. The number of benzene rings is 2. The lowest BCUT2D eigenvalue weighted by Crippen LogP contribution is -1.98. The SMILES string of the molecule is Nc1cc(CS(=O)c2cccc(Cl)c2)ccc1Br. The van der Waals surface area contributed by atoms with Gasteiger partial charge in [-0.25, -0.2) is 0 Å². The van der Waals surface area contributed by atoms with Crippen LogP contribution in [0.2, 0.25) is 5.02 Å². The molecule has 0 saturated carbocycles. The minimum Gasteiger partial charge on any atom is -0.398 e. The molecule has 0 heterocycles. The van der Waals surface area contributed by atoms with Crippen molar-refractivity contribution in [3.63, 3.8) is 0 Å². The zero-order valence-corrected chi connectivity index (χ0v) is 12.6. The summed E-state index contributed by atoms with van der Waals surface area (Å²) in [7, 11) is -1.11. The van der Waals surface area contributed by atoms with Gasteiger partial charge in [0.2, 0.25) is 0 Å². The first-order valence-electron chi connectivity index (χ1n) is 5.24. The quantitative estimate of drug-likeness (QED) is 0.855. The minimum atomic E-state index is -1.11. The van der Waals surface area contributed by atoms with Crippen LogP contribution in [0.15, 0.2) is 51.8 Å². The van der Waals surface area contributed by atoms with Crippen LogP contribution in [0.1, 0.15) is 5.56 Å². The Morgan fingerprint density at radius 1 is 1.22 bits per heavy atom. The van der Waals surface area contributed by atoms with E-state index in [1.165, 1.54) is 0 Å². The Bertz CT molecular complexity index is 603. The van der Waals surface area contributed by atoms with Gasteiger partial charge in [0.05, 0.1) is 16.6 Å². The Labute approximate surface area is 122 Å². The van der Waals surface area contributed by atoms with Crippen LogP contribution in [-0.4, -0.2) is 4.21 Å². The molecule has 2 aromatic rings. The van der Waals surface area contributed by atoms with Crippen LogP contribution < -0.4 is 5.73 Å². The van der Waals surface area contributed by atoms with Crippen LogP contribution in [0.3, 0.4) is 0 Å². The highest BCUT2D eigenvalue weighted by molar-refractivity contribution is 9.10. The molecule has 5 heteroatoms. The number of nitrogen functional groups attached to an aromatic ring is 1.